The minimum absolute atomic E-state index is 0.0214. The molecule has 0 bridgehead atoms. The van der Waals surface area contributed by atoms with Crippen LogP contribution in [0, 0.1) is 5.92 Å². The summed E-state index contributed by atoms with van der Waals surface area (Å²) in [6.07, 6.45) is 5.54. The molecule has 0 unspecified atom stereocenters. The van der Waals surface area contributed by atoms with Gasteiger partial charge in [-0.05, 0) is 42.5 Å². The van der Waals surface area contributed by atoms with Crippen LogP contribution in [0.4, 0.5) is 5.82 Å². The molecule has 1 saturated heterocycles. The van der Waals surface area contributed by atoms with Crippen molar-refractivity contribution in [3.63, 3.8) is 0 Å². The largest absolute Gasteiger partial charge is 0.355 e. The van der Waals surface area contributed by atoms with Crippen LogP contribution >= 0.6 is 0 Å². The second-order valence-electron chi connectivity index (χ2n) is 8.83. The molecule has 5 rings (SSSR count). The maximum atomic E-state index is 13.6. The van der Waals surface area contributed by atoms with Gasteiger partial charge in [-0.15, -0.1) is 10.2 Å². The molecule has 8 heteroatoms. The van der Waals surface area contributed by atoms with Crippen LogP contribution in [-0.2, 0) is 17.8 Å². The van der Waals surface area contributed by atoms with Crippen molar-refractivity contribution in [2.45, 2.75) is 25.8 Å². The van der Waals surface area contributed by atoms with Gasteiger partial charge < -0.3 is 9.80 Å². The Labute approximate surface area is 205 Å². The van der Waals surface area contributed by atoms with Crippen LogP contribution in [-0.4, -0.2) is 55.4 Å². The minimum Gasteiger partial charge on any atom is -0.355 e. The first-order valence-electron chi connectivity index (χ1n) is 12.1. The second kappa shape index (κ2) is 10.9. The van der Waals surface area contributed by atoms with Crippen molar-refractivity contribution < 1.29 is 4.79 Å². The van der Waals surface area contributed by atoms with Gasteiger partial charge in [-0.25, -0.2) is 9.67 Å². The summed E-state index contributed by atoms with van der Waals surface area (Å²) in [4.78, 5) is 21.8. The molecule has 4 aromatic rings. The lowest BCUT2D eigenvalue weighted by molar-refractivity contribution is -0.136. The first kappa shape index (κ1) is 22.7. The van der Waals surface area contributed by atoms with Gasteiger partial charge in [0.25, 0.3) is 0 Å². The Morgan fingerprint density at radius 1 is 0.857 bits per heavy atom. The van der Waals surface area contributed by atoms with E-state index in [4.69, 9.17) is 0 Å². The molecule has 0 radical (unpaired) electrons. The molecule has 35 heavy (non-hydrogen) atoms. The maximum Gasteiger partial charge on any atom is 0.226 e. The van der Waals surface area contributed by atoms with Crippen LogP contribution in [0.2, 0.25) is 0 Å². The van der Waals surface area contributed by atoms with Crippen molar-refractivity contribution in [1.29, 1.82) is 0 Å². The fourth-order valence-electron chi connectivity index (χ4n) is 4.53. The van der Waals surface area contributed by atoms with Crippen molar-refractivity contribution in [3.05, 3.63) is 96.6 Å². The molecule has 0 N–H and O–H groups in total. The van der Waals surface area contributed by atoms with E-state index in [2.05, 4.69) is 61.6 Å². The highest BCUT2D eigenvalue weighted by molar-refractivity contribution is 5.79. The Bertz CT molecular complexity index is 1190. The van der Waals surface area contributed by atoms with Crippen LogP contribution < -0.4 is 4.90 Å². The molecule has 0 spiro atoms. The van der Waals surface area contributed by atoms with Gasteiger partial charge in [0.05, 0.1) is 0 Å². The Kier molecular flexibility index (Phi) is 7.07. The number of piperidine rings is 1. The summed E-state index contributed by atoms with van der Waals surface area (Å²) in [5.74, 6) is 1.72. The molecule has 1 aliphatic rings. The average molecular weight is 468 g/mol. The summed E-state index contributed by atoms with van der Waals surface area (Å²) in [7, 11) is 0. The SMILES string of the molecule is O=C(C1CCN(c2ccc(-n3cncn3)nn2)CC1)N(CCc1ccccc1)Cc1ccccc1. The van der Waals surface area contributed by atoms with E-state index in [-0.39, 0.29) is 11.8 Å². The van der Waals surface area contributed by atoms with E-state index in [1.165, 1.54) is 11.9 Å². The van der Waals surface area contributed by atoms with Gasteiger partial charge in [0.15, 0.2) is 11.6 Å². The van der Waals surface area contributed by atoms with E-state index in [0.29, 0.717) is 18.9 Å². The fourth-order valence-corrected chi connectivity index (χ4v) is 4.53. The highest BCUT2D eigenvalue weighted by Crippen LogP contribution is 2.24. The molecule has 2 aromatic carbocycles. The molecule has 8 nitrogen and oxygen atoms in total. The number of hydrogen-bond acceptors (Lipinski definition) is 6. The van der Waals surface area contributed by atoms with Gasteiger partial charge in [-0.3, -0.25) is 4.79 Å². The molecule has 2 aromatic heterocycles. The molecule has 0 saturated carbocycles. The number of nitrogens with zero attached hydrogens (tertiary/aromatic N) is 7. The molecule has 178 valence electrons. The zero-order chi connectivity index (χ0) is 23.9. The molecular weight excluding hydrogens is 438 g/mol. The third-order valence-electron chi connectivity index (χ3n) is 6.50. The van der Waals surface area contributed by atoms with E-state index < -0.39 is 0 Å². The number of carbonyl (C=O) groups excluding carboxylic acids is 1. The van der Waals surface area contributed by atoms with Crippen LogP contribution in [0.25, 0.3) is 5.82 Å². The zero-order valence-electron chi connectivity index (χ0n) is 19.6. The molecule has 1 fully saturated rings. The van der Waals surface area contributed by atoms with Gasteiger partial charge in [0.1, 0.15) is 12.7 Å². The van der Waals surface area contributed by atoms with Crippen LogP contribution in [0.3, 0.4) is 0 Å². The fraction of sp³-hybridized carbons (Fsp3) is 0.296. The van der Waals surface area contributed by atoms with Crippen molar-refractivity contribution in [3.8, 4) is 5.82 Å². The minimum atomic E-state index is 0.0214. The van der Waals surface area contributed by atoms with Crippen molar-refractivity contribution >= 4 is 11.7 Å². The third kappa shape index (κ3) is 5.71. The number of benzene rings is 2. The average Bonchev–Trinajstić information content (AvgIpc) is 3.47. The van der Waals surface area contributed by atoms with Gasteiger partial charge in [0.2, 0.25) is 5.91 Å². The van der Waals surface area contributed by atoms with Gasteiger partial charge in [-0.2, -0.15) is 5.10 Å². The Morgan fingerprint density at radius 2 is 1.51 bits per heavy atom. The van der Waals surface area contributed by atoms with Crippen molar-refractivity contribution in [2.24, 2.45) is 5.92 Å². The topological polar surface area (TPSA) is 80.0 Å². The van der Waals surface area contributed by atoms with E-state index in [1.54, 1.807) is 11.0 Å². The molecule has 0 aliphatic carbocycles. The summed E-state index contributed by atoms with van der Waals surface area (Å²) < 4.78 is 1.58. The monoisotopic (exact) mass is 467 g/mol. The number of rotatable bonds is 8. The van der Waals surface area contributed by atoms with Crippen LogP contribution in [0.1, 0.15) is 24.0 Å². The first-order chi connectivity index (χ1) is 17.3. The zero-order valence-corrected chi connectivity index (χ0v) is 19.6. The Balaban J connectivity index is 1.21. The van der Waals surface area contributed by atoms with Crippen molar-refractivity contribution in [2.75, 3.05) is 24.5 Å². The molecule has 1 aliphatic heterocycles. The summed E-state index contributed by atoms with van der Waals surface area (Å²) in [5.41, 5.74) is 2.41. The summed E-state index contributed by atoms with van der Waals surface area (Å²) in [6.45, 7) is 2.92. The van der Waals surface area contributed by atoms with E-state index in [9.17, 15) is 4.79 Å². The number of anilines is 1. The molecule has 3 heterocycles. The standard InChI is InChI=1S/C27H29N7O/c35-27(33(19-23-9-5-2-6-10-23)16-13-22-7-3-1-4-8-22)24-14-17-32(18-15-24)25-11-12-26(31-30-25)34-21-28-20-29-34/h1-12,20-21,24H,13-19H2. The number of aromatic nitrogens is 5. The predicted molar refractivity (Wildman–Crippen MR) is 134 cm³/mol. The first-order valence-corrected chi connectivity index (χ1v) is 12.1. The Morgan fingerprint density at radius 3 is 2.14 bits per heavy atom. The summed E-state index contributed by atoms with van der Waals surface area (Å²) in [5, 5.41) is 12.7. The highest BCUT2D eigenvalue weighted by atomic mass is 16.2. The smallest absolute Gasteiger partial charge is 0.226 e. The molecule has 0 atom stereocenters. The lowest BCUT2D eigenvalue weighted by Gasteiger charge is -2.34. The van der Waals surface area contributed by atoms with Crippen LogP contribution in [0.5, 0.6) is 0 Å². The highest BCUT2D eigenvalue weighted by Gasteiger charge is 2.29. The third-order valence-corrected chi connectivity index (χ3v) is 6.50. The lowest BCUT2D eigenvalue weighted by Crippen LogP contribution is -2.43. The van der Waals surface area contributed by atoms with E-state index in [0.717, 1.165) is 43.7 Å². The van der Waals surface area contributed by atoms with Crippen molar-refractivity contribution in [1.82, 2.24) is 29.9 Å². The predicted octanol–water partition coefficient (Wildman–Crippen LogP) is 3.55. The quantitative estimate of drug-likeness (QED) is 0.394. The normalized spacial score (nSPS) is 14.1. The van der Waals surface area contributed by atoms with E-state index in [1.807, 2.05) is 41.3 Å². The number of carbonyl (C=O) groups is 1. The summed E-state index contributed by atoms with van der Waals surface area (Å²) >= 11 is 0. The molecular formula is C27H29N7O. The van der Waals surface area contributed by atoms with Gasteiger partial charge in [0, 0.05) is 32.1 Å². The van der Waals surface area contributed by atoms with E-state index >= 15 is 0 Å². The lowest BCUT2D eigenvalue weighted by atomic mass is 9.94. The summed E-state index contributed by atoms with van der Waals surface area (Å²) in [6, 6.07) is 24.5. The van der Waals surface area contributed by atoms with Gasteiger partial charge >= 0.3 is 0 Å². The van der Waals surface area contributed by atoms with Gasteiger partial charge in [-0.1, -0.05) is 60.7 Å². The van der Waals surface area contributed by atoms with Crippen LogP contribution in [0.15, 0.2) is 85.5 Å². The second-order valence-corrected chi connectivity index (χ2v) is 8.83. The maximum absolute atomic E-state index is 13.6. The molecule has 1 amide bonds. The number of amides is 1. The Hall–Kier alpha value is -4.07. The number of hydrogen-bond donors (Lipinski definition) is 0.